The van der Waals surface area contributed by atoms with Crippen LogP contribution in [0.1, 0.15) is 31.5 Å². The first-order chi connectivity index (χ1) is 8.15. The Labute approximate surface area is 99.3 Å². The minimum absolute atomic E-state index is 0.0556. The van der Waals surface area contributed by atoms with Crippen molar-refractivity contribution in [1.29, 1.82) is 0 Å². The largest absolute Gasteiger partial charge is 0.358 e. The minimum atomic E-state index is -0.393. The number of nitro groups is 1. The van der Waals surface area contributed by atoms with Gasteiger partial charge in [0.15, 0.2) is 0 Å². The van der Waals surface area contributed by atoms with Gasteiger partial charge in [-0.3, -0.25) is 0 Å². The molecule has 2 atom stereocenters. The predicted molar refractivity (Wildman–Crippen MR) is 63.3 cm³/mol. The summed E-state index contributed by atoms with van der Waals surface area (Å²) in [5.74, 6) is 2.32. The Balaban J connectivity index is 1.91. The fraction of sp³-hybridized carbons (Fsp3) is 0.583. The average Bonchev–Trinajstić information content (AvgIpc) is 2.95. The van der Waals surface area contributed by atoms with Crippen LogP contribution in [-0.2, 0) is 7.05 Å². The molecule has 90 valence electrons. The second-order valence-electron chi connectivity index (χ2n) is 5.09. The molecule has 0 N–H and O–H groups in total. The van der Waals surface area contributed by atoms with Gasteiger partial charge in [-0.1, -0.05) is 5.57 Å². The minimum Gasteiger partial charge on any atom is -0.358 e. The Morgan fingerprint density at radius 2 is 2.41 bits per heavy atom. The molecule has 2 aliphatic carbocycles. The Bertz CT molecular complexity index is 504. The highest BCUT2D eigenvalue weighted by Gasteiger charge is 2.35. The zero-order valence-electron chi connectivity index (χ0n) is 9.80. The molecule has 5 nitrogen and oxygen atoms in total. The first-order valence-corrected chi connectivity index (χ1v) is 6.01. The highest BCUT2D eigenvalue weighted by atomic mass is 16.6. The SMILES string of the molecule is Cn1c([N+](=O)[O-])cnc1/C=C1\CC2CCC1C2. The number of hydrogen-bond acceptors (Lipinski definition) is 3. The summed E-state index contributed by atoms with van der Waals surface area (Å²) in [6.45, 7) is 0. The van der Waals surface area contributed by atoms with Gasteiger partial charge in [0.05, 0.1) is 7.05 Å². The smallest absolute Gasteiger partial charge is 0.342 e. The summed E-state index contributed by atoms with van der Waals surface area (Å²) in [6.07, 6.45) is 8.48. The van der Waals surface area contributed by atoms with Crippen LogP contribution in [0.25, 0.3) is 6.08 Å². The molecule has 2 aliphatic rings. The van der Waals surface area contributed by atoms with Crippen LogP contribution in [0.2, 0.25) is 0 Å². The van der Waals surface area contributed by atoms with Crippen molar-refractivity contribution in [2.75, 3.05) is 0 Å². The van der Waals surface area contributed by atoms with E-state index in [2.05, 4.69) is 11.1 Å². The third kappa shape index (κ3) is 1.66. The highest BCUT2D eigenvalue weighted by molar-refractivity contribution is 5.50. The maximum atomic E-state index is 10.7. The van der Waals surface area contributed by atoms with Gasteiger partial charge in [0.25, 0.3) is 0 Å². The molecule has 1 heterocycles. The van der Waals surface area contributed by atoms with Crippen LogP contribution in [-0.4, -0.2) is 14.5 Å². The first-order valence-electron chi connectivity index (χ1n) is 6.01. The van der Waals surface area contributed by atoms with Crippen molar-refractivity contribution in [2.24, 2.45) is 18.9 Å². The average molecular weight is 233 g/mol. The monoisotopic (exact) mass is 233 g/mol. The number of fused-ring (bicyclic) bond motifs is 2. The Morgan fingerprint density at radius 3 is 2.94 bits per heavy atom. The van der Waals surface area contributed by atoms with E-state index in [1.807, 2.05) is 0 Å². The van der Waals surface area contributed by atoms with Gasteiger partial charge in [0.2, 0.25) is 5.82 Å². The van der Waals surface area contributed by atoms with Crippen LogP contribution in [0.15, 0.2) is 11.8 Å². The van der Waals surface area contributed by atoms with E-state index < -0.39 is 4.92 Å². The second kappa shape index (κ2) is 3.68. The van der Waals surface area contributed by atoms with Crippen LogP contribution in [0.4, 0.5) is 5.82 Å². The van der Waals surface area contributed by atoms with Gasteiger partial charge in [-0.15, -0.1) is 0 Å². The van der Waals surface area contributed by atoms with Gasteiger partial charge in [-0.25, -0.2) is 9.55 Å². The lowest BCUT2D eigenvalue weighted by atomic mass is 9.94. The lowest BCUT2D eigenvalue weighted by Gasteiger charge is -2.11. The van der Waals surface area contributed by atoms with Crippen molar-refractivity contribution in [3.63, 3.8) is 0 Å². The van der Waals surface area contributed by atoms with Crippen molar-refractivity contribution in [3.8, 4) is 0 Å². The molecule has 1 aromatic rings. The summed E-state index contributed by atoms with van der Waals surface area (Å²) in [7, 11) is 1.70. The van der Waals surface area contributed by atoms with Gasteiger partial charge in [0.1, 0.15) is 6.20 Å². The third-order valence-electron chi connectivity index (χ3n) is 4.09. The molecule has 0 aliphatic heterocycles. The molecule has 5 heteroatoms. The van der Waals surface area contributed by atoms with Crippen molar-refractivity contribution < 1.29 is 4.92 Å². The number of hydrogen-bond donors (Lipinski definition) is 0. The summed E-state index contributed by atoms with van der Waals surface area (Å²) >= 11 is 0. The second-order valence-corrected chi connectivity index (χ2v) is 5.09. The van der Waals surface area contributed by atoms with Crippen LogP contribution in [0, 0.1) is 22.0 Å². The molecule has 0 amide bonds. The lowest BCUT2D eigenvalue weighted by molar-refractivity contribution is -0.391. The molecular formula is C12H15N3O2. The fourth-order valence-corrected chi connectivity index (χ4v) is 3.16. The number of aromatic nitrogens is 2. The summed E-state index contributed by atoms with van der Waals surface area (Å²) in [5, 5.41) is 10.7. The van der Waals surface area contributed by atoms with Gasteiger partial charge < -0.3 is 10.1 Å². The molecule has 2 unspecified atom stereocenters. The van der Waals surface area contributed by atoms with E-state index in [9.17, 15) is 10.1 Å². The van der Waals surface area contributed by atoms with E-state index in [4.69, 9.17) is 0 Å². The van der Waals surface area contributed by atoms with Gasteiger partial charge in [-0.2, -0.15) is 0 Å². The maximum absolute atomic E-state index is 10.7. The molecule has 2 bridgehead atoms. The van der Waals surface area contributed by atoms with E-state index in [0.717, 1.165) is 12.3 Å². The molecule has 2 saturated carbocycles. The number of nitrogens with zero attached hydrogens (tertiary/aromatic N) is 3. The van der Waals surface area contributed by atoms with E-state index in [1.165, 1.54) is 31.0 Å². The molecule has 1 aromatic heterocycles. The summed E-state index contributed by atoms with van der Waals surface area (Å²) < 4.78 is 1.55. The molecule has 2 fully saturated rings. The van der Waals surface area contributed by atoms with E-state index in [0.29, 0.717) is 11.7 Å². The van der Waals surface area contributed by atoms with E-state index in [-0.39, 0.29) is 5.82 Å². The molecule has 0 radical (unpaired) electrons. The number of allylic oxidation sites excluding steroid dienone is 1. The zero-order chi connectivity index (χ0) is 12.0. The Hall–Kier alpha value is -1.65. The topological polar surface area (TPSA) is 61.0 Å². The van der Waals surface area contributed by atoms with Gasteiger partial charge >= 0.3 is 5.82 Å². The van der Waals surface area contributed by atoms with Crippen molar-refractivity contribution in [1.82, 2.24) is 9.55 Å². The standard InChI is InChI=1S/C12H15N3O2/c1-14-11(13-7-12(14)15(16)17)6-10-5-8-2-3-9(10)4-8/h6-9H,2-5H2,1H3/b10-6+. The summed E-state index contributed by atoms with van der Waals surface area (Å²) in [6, 6.07) is 0. The van der Waals surface area contributed by atoms with Gasteiger partial charge in [-0.05, 0) is 42.4 Å². The fourth-order valence-electron chi connectivity index (χ4n) is 3.16. The third-order valence-corrected chi connectivity index (χ3v) is 4.09. The normalized spacial score (nSPS) is 29.1. The van der Waals surface area contributed by atoms with Crippen molar-refractivity contribution >= 4 is 11.9 Å². The molecular weight excluding hydrogens is 218 g/mol. The molecule has 3 rings (SSSR count). The highest BCUT2D eigenvalue weighted by Crippen LogP contribution is 2.48. The molecule has 0 saturated heterocycles. The van der Waals surface area contributed by atoms with Crippen LogP contribution >= 0.6 is 0 Å². The van der Waals surface area contributed by atoms with Crippen molar-refractivity contribution in [2.45, 2.75) is 25.7 Å². The van der Waals surface area contributed by atoms with E-state index in [1.54, 1.807) is 11.6 Å². The van der Waals surface area contributed by atoms with Crippen molar-refractivity contribution in [3.05, 3.63) is 27.7 Å². The zero-order valence-corrected chi connectivity index (χ0v) is 9.80. The summed E-state index contributed by atoms with van der Waals surface area (Å²) in [5.41, 5.74) is 1.44. The van der Waals surface area contributed by atoms with E-state index >= 15 is 0 Å². The molecule has 0 aromatic carbocycles. The predicted octanol–water partition coefficient (Wildman–Crippen LogP) is 2.53. The Morgan fingerprint density at radius 1 is 1.59 bits per heavy atom. The van der Waals surface area contributed by atoms with Crippen LogP contribution < -0.4 is 0 Å². The number of rotatable bonds is 2. The first kappa shape index (κ1) is 10.5. The molecule has 0 spiro atoms. The number of imidazole rings is 1. The van der Waals surface area contributed by atoms with Crippen LogP contribution in [0.5, 0.6) is 0 Å². The summed E-state index contributed by atoms with van der Waals surface area (Å²) in [4.78, 5) is 14.5. The Kier molecular flexibility index (Phi) is 2.28. The molecule has 17 heavy (non-hydrogen) atoms. The van der Waals surface area contributed by atoms with Crippen LogP contribution in [0.3, 0.4) is 0 Å². The maximum Gasteiger partial charge on any atom is 0.342 e. The lowest BCUT2D eigenvalue weighted by Crippen LogP contribution is -2.01. The quantitative estimate of drug-likeness (QED) is 0.582. The van der Waals surface area contributed by atoms with Gasteiger partial charge in [0, 0.05) is 6.08 Å².